The zero-order valence-electron chi connectivity index (χ0n) is 11.2. The summed E-state index contributed by atoms with van der Waals surface area (Å²) in [5.41, 5.74) is 0. The Labute approximate surface area is 111 Å². The van der Waals surface area contributed by atoms with Gasteiger partial charge < -0.3 is 20.6 Å². The van der Waals surface area contributed by atoms with Gasteiger partial charge in [-0.1, -0.05) is 0 Å². The number of urea groups is 1. The van der Waals surface area contributed by atoms with Crippen molar-refractivity contribution in [2.75, 3.05) is 40.3 Å². The van der Waals surface area contributed by atoms with Crippen LogP contribution < -0.4 is 10.6 Å². The topological polar surface area (TPSA) is 102 Å². The van der Waals surface area contributed by atoms with E-state index in [-0.39, 0.29) is 19.0 Å². The molecule has 3 amide bonds. The lowest BCUT2D eigenvalue weighted by atomic mass is 10.2. The smallest absolute Gasteiger partial charge is 0.328 e. The van der Waals surface area contributed by atoms with Crippen molar-refractivity contribution in [1.29, 1.82) is 0 Å². The monoisotopic (exact) mass is 272 g/mol. The SMILES string of the molecule is CN(C)CCCNC(=O)N1CC(=O)NCC1C(=O)O. The van der Waals surface area contributed by atoms with Crippen LogP contribution in [0.15, 0.2) is 0 Å². The maximum atomic E-state index is 11.9. The highest BCUT2D eigenvalue weighted by atomic mass is 16.4. The van der Waals surface area contributed by atoms with Gasteiger partial charge in [-0.05, 0) is 27.1 Å². The summed E-state index contributed by atoms with van der Waals surface area (Å²) < 4.78 is 0. The first-order chi connectivity index (χ1) is 8.91. The lowest BCUT2D eigenvalue weighted by Crippen LogP contribution is -2.61. The first-order valence-corrected chi connectivity index (χ1v) is 6.10. The van der Waals surface area contributed by atoms with Gasteiger partial charge in [-0.3, -0.25) is 9.69 Å². The number of carbonyl (C=O) groups is 3. The van der Waals surface area contributed by atoms with Crippen LogP contribution in [0.3, 0.4) is 0 Å². The van der Waals surface area contributed by atoms with E-state index in [0.717, 1.165) is 17.9 Å². The largest absolute Gasteiger partial charge is 0.480 e. The van der Waals surface area contributed by atoms with Crippen molar-refractivity contribution in [1.82, 2.24) is 20.4 Å². The molecule has 0 aromatic carbocycles. The van der Waals surface area contributed by atoms with Crippen molar-refractivity contribution in [2.45, 2.75) is 12.5 Å². The molecule has 0 spiro atoms. The molecule has 1 saturated heterocycles. The summed E-state index contributed by atoms with van der Waals surface area (Å²) in [6, 6.07) is -1.52. The van der Waals surface area contributed by atoms with Gasteiger partial charge in [0.05, 0.1) is 0 Å². The Bertz CT molecular complexity index is 359. The second-order valence-electron chi connectivity index (χ2n) is 4.67. The van der Waals surface area contributed by atoms with E-state index in [2.05, 4.69) is 10.6 Å². The van der Waals surface area contributed by atoms with Crippen molar-refractivity contribution in [2.24, 2.45) is 0 Å². The van der Waals surface area contributed by atoms with E-state index in [1.807, 2.05) is 19.0 Å². The van der Waals surface area contributed by atoms with Gasteiger partial charge in [0, 0.05) is 13.1 Å². The van der Waals surface area contributed by atoms with E-state index in [9.17, 15) is 14.4 Å². The predicted octanol–water partition coefficient (Wildman–Crippen LogP) is -1.47. The molecule has 0 radical (unpaired) electrons. The zero-order chi connectivity index (χ0) is 14.4. The molecule has 0 aliphatic carbocycles. The van der Waals surface area contributed by atoms with Crippen LogP contribution in [0.2, 0.25) is 0 Å². The van der Waals surface area contributed by atoms with Gasteiger partial charge in [-0.15, -0.1) is 0 Å². The van der Waals surface area contributed by atoms with Crippen molar-refractivity contribution in [3.05, 3.63) is 0 Å². The van der Waals surface area contributed by atoms with Crippen LogP contribution >= 0.6 is 0 Å². The van der Waals surface area contributed by atoms with E-state index in [1.54, 1.807) is 0 Å². The fourth-order valence-electron chi connectivity index (χ4n) is 1.77. The van der Waals surface area contributed by atoms with Crippen molar-refractivity contribution in [3.8, 4) is 0 Å². The third-order valence-corrected chi connectivity index (χ3v) is 2.79. The lowest BCUT2D eigenvalue weighted by Gasteiger charge is -2.32. The summed E-state index contributed by atoms with van der Waals surface area (Å²) in [4.78, 5) is 37.1. The van der Waals surface area contributed by atoms with E-state index >= 15 is 0 Å². The Hall–Kier alpha value is -1.83. The Balaban J connectivity index is 2.47. The molecule has 108 valence electrons. The number of piperazine rings is 1. The maximum absolute atomic E-state index is 11.9. The molecule has 0 saturated carbocycles. The number of nitrogens with one attached hydrogen (secondary N) is 2. The molecule has 1 rings (SSSR count). The fourth-order valence-corrected chi connectivity index (χ4v) is 1.77. The highest BCUT2D eigenvalue weighted by molar-refractivity contribution is 5.90. The average Bonchev–Trinajstić information content (AvgIpc) is 2.33. The second-order valence-corrected chi connectivity index (χ2v) is 4.67. The fraction of sp³-hybridized carbons (Fsp3) is 0.727. The highest BCUT2D eigenvalue weighted by Gasteiger charge is 2.34. The summed E-state index contributed by atoms with van der Waals surface area (Å²) in [5.74, 6) is -1.47. The molecular weight excluding hydrogens is 252 g/mol. The van der Waals surface area contributed by atoms with Crippen molar-refractivity contribution in [3.63, 3.8) is 0 Å². The number of hydrogen-bond donors (Lipinski definition) is 3. The number of aliphatic carboxylic acids is 1. The standard InChI is InChI=1S/C11H20N4O4/c1-14(2)5-3-4-12-11(19)15-7-9(16)13-6-8(15)10(17)18/h8H,3-7H2,1-2H3,(H,12,19)(H,13,16)(H,17,18). The minimum Gasteiger partial charge on any atom is -0.480 e. The third kappa shape index (κ3) is 4.74. The molecule has 0 aromatic rings. The van der Waals surface area contributed by atoms with Gasteiger partial charge in [0.15, 0.2) is 0 Å². The van der Waals surface area contributed by atoms with Crippen LogP contribution in [0, 0.1) is 0 Å². The molecule has 0 bridgehead atoms. The number of rotatable bonds is 5. The number of carboxylic acids is 1. The van der Waals surface area contributed by atoms with E-state index < -0.39 is 18.0 Å². The molecule has 1 aliphatic heterocycles. The molecular formula is C11H20N4O4. The molecule has 19 heavy (non-hydrogen) atoms. The maximum Gasteiger partial charge on any atom is 0.328 e. The molecule has 1 unspecified atom stereocenters. The van der Waals surface area contributed by atoms with Crippen molar-refractivity contribution < 1.29 is 19.5 Å². The van der Waals surface area contributed by atoms with Crippen LogP contribution in [0.1, 0.15) is 6.42 Å². The van der Waals surface area contributed by atoms with Gasteiger partial charge in [-0.25, -0.2) is 9.59 Å². The Morgan fingerprint density at radius 2 is 2.21 bits per heavy atom. The number of carboxylic acid groups (broad SMARTS) is 1. The summed E-state index contributed by atoms with van der Waals surface area (Å²) in [5, 5.41) is 14.1. The van der Waals surface area contributed by atoms with Crippen LogP contribution in [-0.4, -0.2) is 79.1 Å². The molecule has 8 nitrogen and oxygen atoms in total. The summed E-state index contributed by atoms with van der Waals surface area (Å²) in [6.07, 6.45) is 0.760. The number of amides is 3. The Kier molecular flexibility index (Phi) is 5.56. The highest BCUT2D eigenvalue weighted by Crippen LogP contribution is 2.04. The Morgan fingerprint density at radius 3 is 2.79 bits per heavy atom. The first kappa shape index (κ1) is 15.2. The summed E-state index contributed by atoms with van der Waals surface area (Å²) >= 11 is 0. The molecule has 8 heteroatoms. The lowest BCUT2D eigenvalue weighted by molar-refractivity contribution is -0.144. The van der Waals surface area contributed by atoms with Gasteiger partial charge >= 0.3 is 12.0 Å². The molecule has 0 aromatic heterocycles. The van der Waals surface area contributed by atoms with Crippen LogP contribution in [0.5, 0.6) is 0 Å². The van der Waals surface area contributed by atoms with Gasteiger partial charge in [0.1, 0.15) is 12.6 Å². The van der Waals surface area contributed by atoms with Gasteiger partial charge in [-0.2, -0.15) is 0 Å². The minimum absolute atomic E-state index is 0.0563. The second kappa shape index (κ2) is 6.93. The number of carbonyl (C=O) groups excluding carboxylic acids is 2. The van der Waals surface area contributed by atoms with E-state index in [0.29, 0.717) is 6.54 Å². The molecule has 1 atom stereocenters. The van der Waals surface area contributed by atoms with E-state index in [4.69, 9.17) is 5.11 Å². The molecule has 3 N–H and O–H groups in total. The average molecular weight is 272 g/mol. The number of hydrogen-bond acceptors (Lipinski definition) is 4. The zero-order valence-corrected chi connectivity index (χ0v) is 11.2. The van der Waals surface area contributed by atoms with Crippen LogP contribution in [-0.2, 0) is 9.59 Å². The molecule has 1 fully saturated rings. The first-order valence-electron chi connectivity index (χ1n) is 6.10. The van der Waals surface area contributed by atoms with E-state index in [1.165, 1.54) is 0 Å². The quantitative estimate of drug-likeness (QED) is 0.530. The summed E-state index contributed by atoms with van der Waals surface area (Å²) in [7, 11) is 3.86. The van der Waals surface area contributed by atoms with Crippen LogP contribution in [0.25, 0.3) is 0 Å². The summed E-state index contributed by atoms with van der Waals surface area (Å²) in [6.45, 7) is 0.986. The predicted molar refractivity (Wildman–Crippen MR) is 67.7 cm³/mol. The normalized spacial score (nSPS) is 19.2. The minimum atomic E-state index is -1.12. The Morgan fingerprint density at radius 1 is 1.53 bits per heavy atom. The van der Waals surface area contributed by atoms with Gasteiger partial charge in [0.2, 0.25) is 5.91 Å². The number of nitrogens with zero attached hydrogens (tertiary/aromatic N) is 2. The van der Waals surface area contributed by atoms with Crippen molar-refractivity contribution >= 4 is 17.9 Å². The molecule has 1 aliphatic rings. The molecule has 1 heterocycles. The third-order valence-electron chi connectivity index (χ3n) is 2.79. The van der Waals surface area contributed by atoms with Crippen LogP contribution in [0.4, 0.5) is 4.79 Å². The van der Waals surface area contributed by atoms with Gasteiger partial charge in [0.25, 0.3) is 0 Å².